The average molecular weight is 261 g/mol. The maximum atomic E-state index is 12.1. The van der Waals surface area contributed by atoms with Crippen LogP contribution in [0.5, 0.6) is 0 Å². The van der Waals surface area contributed by atoms with Crippen molar-refractivity contribution in [1.82, 2.24) is 0 Å². The minimum atomic E-state index is -0.235. The molecule has 0 saturated carbocycles. The summed E-state index contributed by atoms with van der Waals surface area (Å²) >= 11 is 5.97. The number of carbonyl (C=O) groups is 1. The third-order valence-corrected chi connectivity index (χ3v) is 2.93. The van der Waals surface area contributed by atoms with Crippen LogP contribution in [-0.4, -0.2) is 5.91 Å². The monoisotopic (exact) mass is 260 g/mol. The Hall–Kier alpha value is -1.84. The summed E-state index contributed by atoms with van der Waals surface area (Å²) in [5.74, 6) is -0.235. The average Bonchev–Trinajstić information content (AvgIpc) is 2.39. The zero-order valence-corrected chi connectivity index (χ0v) is 10.4. The van der Waals surface area contributed by atoms with Crippen molar-refractivity contribution in [3.8, 4) is 0 Å². The molecule has 0 unspecified atom stereocenters. The number of amides is 1. The molecule has 2 aromatic rings. The van der Waals surface area contributed by atoms with Crippen LogP contribution >= 0.6 is 11.6 Å². The lowest BCUT2D eigenvalue weighted by Gasteiger charge is -2.10. The Morgan fingerprint density at radius 3 is 2.50 bits per heavy atom. The van der Waals surface area contributed by atoms with E-state index in [4.69, 9.17) is 17.3 Å². The highest BCUT2D eigenvalue weighted by atomic mass is 35.5. The highest BCUT2D eigenvalue weighted by Crippen LogP contribution is 2.19. The second kappa shape index (κ2) is 5.67. The number of nitrogens with two attached hydrogens (primary N) is 1. The first-order valence-corrected chi connectivity index (χ1v) is 5.94. The first kappa shape index (κ1) is 12.6. The van der Waals surface area contributed by atoms with Gasteiger partial charge in [-0.2, -0.15) is 0 Å². The van der Waals surface area contributed by atoms with Crippen molar-refractivity contribution >= 4 is 23.2 Å². The molecule has 0 spiro atoms. The van der Waals surface area contributed by atoms with Crippen LogP contribution < -0.4 is 11.1 Å². The van der Waals surface area contributed by atoms with E-state index in [0.29, 0.717) is 22.8 Å². The number of carbonyl (C=O) groups excluding carboxylic acids is 1. The fourth-order valence-corrected chi connectivity index (χ4v) is 1.88. The molecule has 0 fully saturated rings. The van der Waals surface area contributed by atoms with Crippen molar-refractivity contribution in [3.63, 3.8) is 0 Å². The molecule has 3 nitrogen and oxygen atoms in total. The molecule has 92 valence electrons. The van der Waals surface area contributed by atoms with Gasteiger partial charge in [-0.15, -0.1) is 0 Å². The van der Waals surface area contributed by atoms with Gasteiger partial charge in [0.15, 0.2) is 0 Å². The zero-order chi connectivity index (χ0) is 13.0. The number of benzene rings is 2. The molecule has 0 atom stereocenters. The normalized spacial score (nSPS) is 10.1. The molecule has 0 radical (unpaired) electrons. The van der Waals surface area contributed by atoms with Crippen molar-refractivity contribution in [2.24, 2.45) is 5.73 Å². The Bertz CT molecular complexity index is 569. The molecule has 0 aliphatic rings. The van der Waals surface area contributed by atoms with Crippen molar-refractivity contribution in [1.29, 1.82) is 0 Å². The van der Waals surface area contributed by atoms with Crippen LogP contribution in [0.1, 0.15) is 15.9 Å². The molecule has 4 heteroatoms. The van der Waals surface area contributed by atoms with E-state index in [1.165, 1.54) is 0 Å². The number of hydrogen-bond donors (Lipinski definition) is 2. The van der Waals surface area contributed by atoms with Gasteiger partial charge in [0, 0.05) is 12.2 Å². The molecule has 0 saturated heterocycles. The maximum absolute atomic E-state index is 12.1. The lowest BCUT2D eigenvalue weighted by Crippen LogP contribution is -2.14. The van der Waals surface area contributed by atoms with Crippen LogP contribution in [0.2, 0.25) is 5.02 Å². The molecule has 0 aliphatic heterocycles. The quantitative estimate of drug-likeness (QED) is 0.891. The minimum absolute atomic E-state index is 0.235. The van der Waals surface area contributed by atoms with Crippen LogP contribution in [0.25, 0.3) is 0 Å². The van der Waals surface area contributed by atoms with Gasteiger partial charge in [-0.1, -0.05) is 41.9 Å². The Kier molecular flexibility index (Phi) is 3.97. The molecule has 1 amide bonds. The van der Waals surface area contributed by atoms with Gasteiger partial charge < -0.3 is 11.1 Å². The molecule has 0 bridgehead atoms. The topological polar surface area (TPSA) is 55.1 Å². The minimum Gasteiger partial charge on any atom is -0.326 e. The van der Waals surface area contributed by atoms with E-state index in [-0.39, 0.29) is 5.91 Å². The van der Waals surface area contributed by atoms with Crippen LogP contribution in [-0.2, 0) is 6.54 Å². The van der Waals surface area contributed by atoms with Gasteiger partial charge in [0.2, 0.25) is 0 Å². The van der Waals surface area contributed by atoms with Crippen LogP contribution in [0.4, 0.5) is 5.69 Å². The Morgan fingerprint density at radius 2 is 1.78 bits per heavy atom. The predicted molar refractivity (Wildman–Crippen MR) is 73.7 cm³/mol. The van der Waals surface area contributed by atoms with Crippen molar-refractivity contribution < 1.29 is 4.79 Å². The second-order valence-corrected chi connectivity index (χ2v) is 4.20. The smallest absolute Gasteiger partial charge is 0.257 e. The van der Waals surface area contributed by atoms with Crippen molar-refractivity contribution in [3.05, 3.63) is 64.7 Å². The van der Waals surface area contributed by atoms with E-state index >= 15 is 0 Å². The summed E-state index contributed by atoms with van der Waals surface area (Å²) in [4.78, 5) is 12.1. The molecule has 0 aliphatic carbocycles. The Labute approximate surface area is 111 Å². The summed E-state index contributed by atoms with van der Waals surface area (Å²) in [5, 5.41) is 3.25. The molecule has 2 rings (SSSR count). The van der Waals surface area contributed by atoms with Gasteiger partial charge in [-0.3, -0.25) is 4.79 Å². The van der Waals surface area contributed by atoms with Crippen molar-refractivity contribution in [2.45, 2.75) is 6.54 Å². The van der Waals surface area contributed by atoms with E-state index in [9.17, 15) is 4.79 Å². The van der Waals surface area contributed by atoms with E-state index in [2.05, 4.69) is 5.32 Å². The third-order valence-electron chi connectivity index (χ3n) is 2.60. The summed E-state index contributed by atoms with van der Waals surface area (Å²) in [6, 6.07) is 14.4. The van der Waals surface area contributed by atoms with Crippen LogP contribution in [0, 0.1) is 0 Å². The van der Waals surface area contributed by atoms with Gasteiger partial charge in [0.05, 0.1) is 10.6 Å². The summed E-state index contributed by atoms with van der Waals surface area (Å²) < 4.78 is 0. The van der Waals surface area contributed by atoms with E-state index in [0.717, 1.165) is 5.56 Å². The molecular formula is C14H13ClN2O. The molecular weight excluding hydrogens is 248 g/mol. The second-order valence-electron chi connectivity index (χ2n) is 3.80. The van der Waals surface area contributed by atoms with Crippen LogP contribution in [0.3, 0.4) is 0 Å². The predicted octanol–water partition coefficient (Wildman–Crippen LogP) is 3.05. The van der Waals surface area contributed by atoms with Gasteiger partial charge in [-0.25, -0.2) is 0 Å². The van der Waals surface area contributed by atoms with E-state index < -0.39 is 0 Å². The zero-order valence-electron chi connectivity index (χ0n) is 9.69. The number of hydrogen-bond acceptors (Lipinski definition) is 2. The molecule has 0 heterocycles. The summed E-state index contributed by atoms with van der Waals surface area (Å²) in [7, 11) is 0. The van der Waals surface area contributed by atoms with Gasteiger partial charge in [0.1, 0.15) is 0 Å². The number of rotatable bonds is 3. The summed E-state index contributed by atoms with van der Waals surface area (Å²) in [6.45, 7) is 0.374. The molecule has 18 heavy (non-hydrogen) atoms. The lowest BCUT2D eigenvalue weighted by atomic mass is 10.1. The SMILES string of the molecule is NCc1ccccc1NC(=O)c1ccccc1Cl. The molecule has 3 N–H and O–H groups in total. The fraction of sp³-hybridized carbons (Fsp3) is 0.0714. The molecule has 0 aromatic heterocycles. The summed E-state index contributed by atoms with van der Waals surface area (Å²) in [6.07, 6.45) is 0. The lowest BCUT2D eigenvalue weighted by molar-refractivity contribution is 0.102. The third kappa shape index (κ3) is 2.70. The highest BCUT2D eigenvalue weighted by Gasteiger charge is 2.10. The number of anilines is 1. The van der Waals surface area contributed by atoms with Gasteiger partial charge in [0.25, 0.3) is 5.91 Å². The van der Waals surface area contributed by atoms with Crippen LogP contribution in [0.15, 0.2) is 48.5 Å². The number of nitrogens with one attached hydrogen (secondary N) is 1. The summed E-state index contributed by atoms with van der Waals surface area (Å²) in [5.41, 5.74) is 7.67. The Morgan fingerprint density at radius 1 is 1.11 bits per heavy atom. The molecule has 2 aromatic carbocycles. The first-order chi connectivity index (χ1) is 8.72. The van der Waals surface area contributed by atoms with Gasteiger partial charge in [-0.05, 0) is 23.8 Å². The Balaban J connectivity index is 2.24. The van der Waals surface area contributed by atoms with Crippen molar-refractivity contribution in [2.75, 3.05) is 5.32 Å². The largest absolute Gasteiger partial charge is 0.326 e. The standard InChI is InChI=1S/C14H13ClN2O/c15-12-7-3-2-6-11(12)14(18)17-13-8-4-1-5-10(13)9-16/h1-8H,9,16H2,(H,17,18). The highest BCUT2D eigenvalue weighted by molar-refractivity contribution is 6.34. The van der Waals surface area contributed by atoms with E-state index in [1.54, 1.807) is 24.3 Å². The number of para-hydroxylation sites is 1. The first-order valence-electron chi connectivity index (χ1n) is 5.56. The van der Waals surface area contributed by atoms with E-state index in [1.807, 2.05) is 24.3 Å². The van der Waals surface area contributed by atoms with Gasteiger partial charge >= 0.3 is 0 Å². The number of halogens is 1. The maximum Gasteiger partial charge on any atom is 0.257 e. The fourth-order valence-electron chi connectivity index (χ4n) is 1.66.